The molecule has 2 nitrogen and oxygen atoms in total. The van der Waals surface area contributed by atoms with Crippen LogP contribution in [0.15, 0.2) is 12.2 Å². The van der Waals surface area contributed by atoms with Crippen molar-refractivity contribution >= 4 is 5.91 Å². The second-order valence-electron chi connectivity index (χ2n) is 2.48. The molecule has 0 aromatic heterocycles. The van der Waals surface area contributed by atoms with E-state index in [0.717, 1.165) is 19.4 Å². The van der Waals surface area contributed by atoms with E-state index in [1.54, 1.807) is 0 Å². The van der Waals surface area contributed by atoms with Crippen LogP contribution in [0.2, 0.25) is 0 Å². The molecule has 0 spiro atoms. The van der Waals surface area contributed by atoms with E-state index < -0.39 is 0 Å². The van der Waals surface area contributed by atoms with Gasteiger partial charge in [-0.15, -0.1) is 0 Å². The summed E-state index contributed by atoms with van der Waals surface area (Å²) in [4.78, 5) is 10.9. The summed E-state index contributed by atoms with van der Waals surface area (Å²) >= 11 is 0. The second-order valence-corrected chi connectivity index (χ2v) is 2.48. The smallest absolute Gasteiger partial charge is 0.223 e. The average molecular weight is 155 g/mol. The van der Waals surface area contributed by atoms with Crippen molar-refractivity contribution in [2.75, 3.05) is 6.54 Å². The van der Waals surface area contributed by atoms with Crippen LogP contribution >= 0.6 is 0 Å². The largest absolute Gasteiger partial charge is 0.356 e. The summed E-state index contributed by atoms with van der Waals surface area (Å²) in [6, 6.07) is 0. The lowest BCUT2D eigenvalue weighted by molar-refractivity contribution is -0.120. The molecule has 0 aliphatic rings. The molecule has 0 saturated carbocycles. The molecular weight excluding hydrogens is 138 g/mol. The molecule has 0 saturated heterocycles. The van der Waals surface area contributed by atoms with E-state index in [-0.39, 0.29) is 5.91 Å². The predicted molar refractivity (Wildman–Crippen MR) is 47.3 cm³/mol. The number of carbonyl (C=O) groups excluding carboxylic acids is 1. The van der Waals surface area contributed by atoms with Crippen LogP contribution in [0.3, 0.4) is 0 Å². The van der Waals surface area contributed by atoms with Gasteiger partial charge in [0.1, 0.15) is 0 Å². The standard InChI is InChI=1S/C9H17NO/c1-3-5-7-9(11)10-8-6-4-2/h3,5H,4,6-8H2,1-2H3,(H,10,11)/b5-3+. The number of carbonyl (C=O) groups is 1. The van der Waals surface area contributed by atoms with Gasteiger partial charge in [0.25, 0.3) is 0 Å². The summed E-state index contributed by atoms with van der Waals surface area (Å²) in [6.07, 6.45) is 6.46. The SMILES string of the molecule is C/C=C/CC(=O)NCCCC. The fourth-order valence-corrected chi connectivity index (χ4v) is 0.702. The zero-order valence-corrected chi connectivity index (χ0v) is 7.39. The van der Waals surface area contributed by atoms with Gasteiger partial charge in [-0.1, -0.05) is 25.5 Å². The van der Waals surface area contributed by atoms with Crippen molar-refractivity contribution in [1.82, 2.24) is 5.32 Å². The minimum Gasteiger partial charge on any atom is -0.356 e. The first kappa shape index (κ1) is 10.2. The van der Waals surface area contributed by atoms with Gasteiger partial charge in [0.05, 0.1) is 0 Å². The summed E-state index contributed by atoms with van der Waals surface area (Å²) in [5.41, 5.74) is 0. The van der Waals surface area contributed by atoms with Gasteiger partial charge in [0.15, 0.2) is 0 Å². The molecule has 0 atom stereocenters. The van der Waals surface area contributed by atoms with E-state index in [4.69, 9.17) is 0 Å². The summed E-state index contributed by atoms with van der Waals surface area (Å²) in [5.74, 6) is 0.122. The van der Waals surface area contributed by atoms with Gasteiger partial charge in [-0.05, 0) is 13.3 Å². The van der Waals surface area contributed by atoms with Gasteiger partial charge >= 0.3 is 0 Å². The highest BCUT2D eigenvalue weighted by atomic mass is 16.1. The lowest BCUT2D eigenvalue weighted by atomic mass is 10.3. The topological polar surface area (TPSA) is 29.1 Å². The fourth-order valence-electron chi connectivity index (χ4n) is 0.702. The quantitative estimate of drug-likeness (QED) is 0.476. The molecule has 0 fully saturated rings. The highest BCUT2D eigenvalue weighted by Crippen LogP contribution is 1.85. The van der Waals surface area contributed by atoms with E-state index in [1.165, 1.54) is 0 Å². The Labute approximate surface area is 68.7 Å². The minimum absolute atomic E-state index is 0.122. The first-order chi connectivity index (χ1) is 5.31. The zero-order chi connectivity index (χ0) is 8.53. The first-order valence-electron chi connectivity index (χ1n) is 4.19. The van der Waals surface area contributed by atoms with Gasteiger partial charge in [-0.25, -0.2) is 0 Å². The molecule has 0 bridgehead atoms. The highest BCUT2D eigenvalue weighted by molar-refractivity contribution is 5.77. The molecule has 1 amide bonds. The maximum absolute atomic E-state index is 10.9. The van der Waals surface area contributed by atoms with Crippen LogP contribution in [0, 0.1) is 0 Å². The molecule has 0 unspecified atom stereocenters. The predicted octanol–water partition coefficient (Wildman–Crippen LogP) is 1.87. The lowest BCUT2D eigenvalue weighted by Crippen LogP contribution is -2.23. The first-order valence-corrected chi connectivity index (χ1v) is 4.19. The number of hydrogen-bond donors (Lipinski definition) is 1. The van der Waals surface area contributed by atoms with Crippen molar-refractivity contribution in [3.05, 3.63) is 12.2 Å². The van der Waals surface area contributed by atoms with Crippen LogP contribution in [0.5, 0.6) is 0 Å². The molecule has 0 aliphatic carbocycles. The third kappa shape index (κ3) is 7.10. The van der Waals surface area contributed by atoms with Crippen LogP contribution in [-0.4, -0.2) is 12.5 Å². The second kappa shape index (κ2) is 7.32. The summed E-state index contributed by atoms with van der Waals surface area (Å²) < 4.78 is 0. The molecular formula is C9H17NO. The molecule has 0 heterocycles. The number of rotatable bonds is 5. The monoisotopic (exact) mass is 155 g/mol. The number of nitrogens with one attached hydrogen (secondary N) is 1. The van der Waals surface area contributed by atoms with Crippen molar-refractivity contribution in [2.45, 2.75) is 33.1 Å². The normalized spacial score (nSPS) is 10.4. The van der Waals surface area contributed by atoms with Crippen molar-refractivity contribution in [3.63, 3.8) is 0 Å². The molecule has 2 heteroatoms. The van der Waals surface area contributed by atoms with Crippen LogP contribution < -0.4 is 5.32 Å². The Kier molecular flexibility index (Phi) is 6.79. The van der Waals surface area contributed by atoms with Crippen LogP contribution in [0.25, 0.3) is 0 Å². The Morgan fingerprint density at radius 3 is 2.82 bits per heavy atom. The number of hydrogen-bond acceptors (Lipinski definition) is 1. The molecule has 0 radical (unpaired) electrons. The Balaban J connectivity index is 3.23. The van der Waals surface area contributed by atoms with Gasteiger partial charge in [-0.2, -0.15) is 0 Å². The van der Waals surface area contributed by atoms with Crippen LogP contribution in [0.4, 0.5) is 0 Å². The van der Waals surface area contributed by atoms with Crippen molar-refractivity contribution in [3.8, 4) is 0 Å². The molecule has 0 rings (SSSR count). The Hall–Kier alpha value is -0.790. The highest BCUT2D eigenvalue weighted by Gasteiger charge is 1.94. The Bertz CT molecular complexity index is 130. The number of unbranched alkanes of at least 4 members (excludes halogenated alkanes) is 1. The number of amides is 1. The maximum Gasteiger partial charge on any atom is 0.223 e. The molecule has 0 aromatic carbocycles. The van der Waals surface area contributed by atoms with Crippen molar-refractivity contribution in [1.29, 1.82) is 0 Å². The molecule has 64 valence electrons. The summed E-state index contributed by atoms with van der Waals surface area (Å²) in [5, 5.41) is 2.83. The molecule has 0 aromatic rings. The molecule has 11 heavy (non-hydrogen) atoms. The van der Waals surface area contributed by atoms with E-state index in [1.807, 2.05) is 19.1 Å². The van der Waals surface area contributed by atoms with E-state index in [9.17, 15) is 4.79 Å². The van der Waals surface area contributed by atoms with Gasteiger partial charge in [-0.3, -0.25) is 4.79 Å². The fraction of sp³-hybridized carbons (Fsp3) is 0.667. The Morgan fingerprint density at radius 1 is 1.55 bits per heavy atom. The van der Waals surface area contributed by atoms with Gasteiger partial charge in [0, 0.05) is 13.0 Å². The van der Waals surface area contributed by atoms with Crippen LogP contribution in [0.1, 0.15) is 33.1 Å². The average Bonchev–Trinajstić information content (AvgIpc) is 2.01. The Morgan fingerprint density at radius 2 is 2.27 bits per heavy atom. The lowest BCUT2D eigenvalue weighted by Gasteiger charge is -2.00. The third-order valence-corrected chi connectivity index (χ3v) is 1.39. The van der Waals surface area contributed by atoms with Gasteiger partial charge < -0.3 is 5.32 Å². The zero-order valence-electron chi connectivity index (χ0n) is 7.39. The van der Waals surface area contributed by atoms with Crippen molar-refractivity contribution < 1.29 is 4.79 Å². The van der Waals surface area contributed by atoms with Gasteiger partial charge in [0.2, 0.25) is 5.91 Å². The summed E-state index contributed by atoms with van der Waals surface area (Å²) in [6.45, 7) is 4.84. The summed E-state index contributed by atoms with van der Waals surface area (Å²) in [7, 11) is 0. The third-order valence-electron chi connectivity index (χ3n) is 1.39. The molecule has 1 N–H and O–H groups in total. The number of allylic oxidation sites excluding steroid dienone is 1. The minimum atomic E-state index is 0.122. The maximum atomic E-state index is 10.9. The van der Waals surface area contributed by atoms with Crippen LogP contribution in [-0.2, 0) is 4.79 Å². The van der Waals surface area contributed by atoms with Crippen molar-refractivity contribution in [2.24, 2.45) is 0 Å². The van der Waals surface area contributed by atoms with E-state index in [2.05, 4.69) is 12.2 Å². The molecule has 0 aliphatic heterocycles. The van der Waals surface area contributed by atoms with E-state index in [0.29, 0.717) is 6.42 Å². The van der Waals surface area contributed by atoms with E-state index >= 15 is 0 Å².